The van der Waals surface area contributed by atoms with Gasteiger partial charge in [0, 0.05) is 5.69 Å². The minimum Gasteiger partial charge on any atom is -0.497 e. The van der Waals surface area contributed by atoms with E-state index in [0.29, 0.717) is 5.16 Å². The number of thioether (sulfide) groups is 1. The molecule has 0 unspecified atom stereocenters. The molecule has 0 aliphatic rings. The van der Waals surface area contributed by atoms with E-state index in [1.807, 2.05) is 13.0 Å². The van der Waals surface area contributed by atoms with Crippen molar-refractivity contribution in [3.8, 4) is 5.75 Å². The SMILES string of the molecule is COc1ccc(NC(=O)CSc2nnc(NN)n2N)c(C)c1. The van der Waals surface area contributed by atoms with E-state index in [4.69, 9.17) is 16.4 Å². The van der Waals surface area contributed by atoms with Gasteiger partial charge in [-0.25, -0.2) is 10.5 Å². The number of hydrogen-bond acceptors (Lipinski definition) is 8. The summed E-state index contributed by atoms with van der Waals surface area (Å²) in [6, 6.07) is 5.42. The van der Waals surface area contributed by atoms with Crippen molar-refractivity contribution in [3.05, 3.63) is 23.8 Å². The summed E-state index contributed by atoms with van der Waals surface area (Å²) in [4.78, 5) is 12.0. The highest BCUT2D eigenvalue weighted by molar-refractivity contribution is 7.99. The fourth-order valence-electron chi connectivity index (χ4n) is 1.69. The number of benzene rings is 1. The summed E-state index contributed by atoms with van der Waals surface area (Å²) in [5, 5.41) is 10.7. The molecule has 0 bridgehead atoms. The third-order valence-electron chi connectivity index (χ3n) is 2.83. The summed E-state index contributed by atoms with van der Waals surface area (Å²) in [5.41, 5.74) is 3.94. The molecule has 0 spiro atoms. The summed E-state index contributed by atoms with van der Waals surface area (Å²) in [5.74, 6) is 11.8. The Kier molecular flexibility index (Phi) is 5.07. The number of nitrogens with zero attached hydrogens (tertiary/aromatic N) is 3. The predicted octanol–water partition coefficient (Wildman–Crippen LogP) is 0.325. The van der Waals surface area contributed by atoms with Gasteiger partial charge in [-0.15, -0.1) is 10.2 Å². The van der Waals surface area contributed by atoms with Crippen molar-refractivity contribution in [1.82, 2.24) is 14.9 Å². The van der Waals surface area contributed by atoms with Crippen LogP contribution in [-0.2, 0) is 4.79 Å². The maximum absolute atomic E-state index is 12.0. The Labute approximate surface area is 131 Å². The Morgan fingerprint density at radius 2 is 2.23 bits per heavy atom. The molecule has 6 N–H and O–H groups in total. The number of nitrogens with two attached hydrogens (primary N) is 2. The molecule has 9 nitrogen and oxygen atoms in total. The summed E-state index contributed by atoms with van der Waals surface area (Å²) in [7, 11) is 1.59. The van der Waals surface area contributed by atoms with Crippen LogP contribution in [0.3, 0.4) is 0 Å². The van der Waals surface area contributed by atoms with E-state index in [2.05, 4.69) is 20.9 Å². The minimum absolute atomic E-state index is 0.144. The van der Waals surface area contributed by atoms with Gasteiger partial charge in [0.05, 0.1) is 12.9 Å². The van der Waals surface area contributed by atoms with Crippen molar-refractivity contribution in [2.45, 2.75) is 12.1 Å². The minimum atomic E-state index is -0.177. The molecular weight excluding hydrogens is 306 g/mol. The Bertz CT molecular complexity index is 673. The summed E-state index contributed by atoms with van der Waals surface area (Å²) >= 11 is 1.16. The summed E-state index contributed by atoms with van der Waals surface area (Å²) in [6.45, 7) is 1.89. The second-order valence-corrected chi connectivity index (χ2v) is 5.28. The molecule has 118 valence electrons. The average molecular weight is 323 g/mol. The van der Waals surface area contributed by atoms with Gasteiger partial charge in [0.1, 0.15) is 5.75 Å². The lowest BCUT2D eigenvalue weighted by molar-refractivity contribution is -0.113. The first kappa shape index (κ1) is 15.9. The molecule has 1 aromatic carbocycles. The van der Waals surface area contributed by atoms with Crippen LogP contribution in [0.2, 0.25) is 0 Å². The van der Waals surface area contributed by atoms with Crippen molar-refractivity contribution in [2.75, 3.05) is 29.4 Å². The molecular formula is C12H17N7O2S. The number of amides is 1. The van der Waals surface area contributed by atoms with Crippen LogP contribution < -0.4 is 27.2 Å². The molecule has 0 atom stereocenters. The smallest absolute Gasteiger partial charge is 0.258 e. The van der Waals surface area contributed by atoms with Crippen LogP contribution >= 0.6 is 11.8 Å². The van der Waals surface area contributed by atoms with E-state index < -0.39 is 0 Å². The Morgan fingerprint density at radius 1 is 1.45 bits per heavy atom. The lowest BCUT2D eigenvalue weighted by atomic mass is 10.2. The highest BCUT2D eigenvalue weighted by Crippen LogP contribution is 2.22. The van der Waals surface area contributed by atoms with Gasteiger partial charge < -0.3 is 15.9 Å². The number of rotatable bonds is 6. The highest BCUT2D eigenvalue weighted by Gasteiger charge is 2.12. The van der Waals surface area contributed by atoms with Crippen LogP contribution in [0.1, 0.15) is 5.56 Å². The second kappa shape index (κ2) is 7.00. The number of nitrogen functional groups attached to an aromatic ring is 2. The van der Waals surface area contributed by atoms with Crippen LogP contribution in [0.15, 0.2) is 23.4 Å². The first-order valence-electron chi connectivity index (χ1n) is 6.29. The largest absolute Gasteiger partial charge is 0.497 e. The number of aromatic nitrogens is 3. The van der Waals surface area contributed by atoms with Crippen molar-refractivity contribution >= 4 is 29.3 Å². The van der Waals surface area contributed by atoms with E-state index in [9.17, 15) is 4.79 Å². The van der Waals surface area contributed by atoms with Crippen LogP contribution in [0.25, 0.3) is 0 Å². The van der Waals surface area contributed by atoms with Gasteiger partial charge in [-0.2, -0.15) is 0 Å². The van der Waals surface area contributed by atoms with Crippen LogP contribution in [0, 0.1) is 6.92 Å². The van der Waals surface area contributed by atoms with E-state index in [1.165, 1.54) is 4.68 Å². The fraction of sp³-hybridized carbons (Fsp3) is 0.250. The zero-order valence-electron chi connectivity index (χ0n) is 12.2. The Balaban J connectivity index is 1.94. The fourth-order valence-corrected chi connectivity index (χ4v) is 2.35. The van der Waals surface area contributed by atoms with Gasteiger partial charge in [0.25, 0.3) is 5.95 Å². The van der Waals surface area contributed by atoms with Crippen molar-refractivity contribution in [3.63, 3.8) is 0 Å². The molecule has 0 saturated carbocycles. The first-order chi connectivity index (χ1) is 10.5. The topological polar surface area (TPSA) is 133 Å². The number of ether oxygens (including phenoxy) is 1. The zero-order chi connectivity index (χ0) is 16.1. The summed E-state index contributed by atoms with van der Waals surface area (Å²) < 4.78 is 6.30. The van der Waals surface area contributed by atoms with E-state index >= 15 is 0 Å². The number of methoxy groups -OCH3 is 1. The lowest BCUT2D eigenvalue weighted by Crippen LogP contribution is -2.19. The summed E-state index contributed by atoms with van der Waals surface area (Å²) in [6.07, 6.45) is 0. The van der Waals surface area contributed by atoms with Gasteiger partial charge >= 0.3 is 0 Å². The van der Waals surface area contributed by atoms with E-state index in [0.717, 1.165) is 28.8 Å². The standard InChI is InChI=1S/C12H17N7O2S/c1-7-5-8(21-2)3-4-9(7)15-10(20)6-22-12-18-17-11(16-13)19(12)14/h3-5H,6,13-14H2,1-2H3,(H,15,20)(H,16,17). The molecule has 0 aliphatic carbocycles. The highest BCUT2D eigenvalue weighted by atomic mass is 32.2. The van der Waals surface area contributed by atoms with Crippen LogP contribution in [0.5, 0.6) is 5.75 Å². The second-order valence-electron chi connectivity index (χ2n) is 4.34. The number of carbonyl (C=O) groups is 1. The monoisotopic (exact) mass is 323 g/mol. The quantitative estimate of drug-likeness (QED) is 0.339. The maximum atomic E-state index is 12.0. The molecule has 2 rings (SSSR count). The molecule has 1 amide bonds. The van der Waals surface area contributed by atoms with Crippen molar-refractivity contribution in [1.29, 1.82) is 0 Å². The molecule has 2 aromatic rings. The van der Waals surface area contributed by atoms with E-state index in [1.54, 1.807) is 19.2 Å². The van der Waals surface area contributed by atoms with Crippen LogP contribution in [-0.4, -0.2) is 33.6 Å². The average Bonchev–Trinajstić information content (AvgIpc) is 2.87. The number of anilines is 2. The van der Waals surface area contributed by atoms with Crippen molar-refractivity contribution < 1.29 is 9.53 Å². The molecule has 22 heavy (non-hydrogen) atoms. The Hall–Kier alpha value is -2.46. The van der Waals surface area contributed by atoms with Crippen LogP contribution in [0.4, 0.5) is 11.6 Å². The van der Waals surface area contributed by atoms with E-state index in [-0.39, 0.29) is 17.6 Å². The lowest BCUT2D eigenvalue weighted by Gasteiger charge is -2.09. The maximum Gasteiger partial charge on any atom is 0.258 e. The molecule has 10 heteroatoms. The number of carbonyl (C=O) groups excluding carboxylic acids is 1. The molecule has 0 aliphatic heterocycles. The van der Waals surface area contributed by atoms with Gasteiger partial charge in [-0.3, -0.25) is 10.2 Å². The number of nitrogens with one attached hydrogen (secondary N) is 2. The molecule has 0 saturated heterocycles. The molecule has 1 heterocycles. The number of hydrazine groups is 1. The normalized spacial score (nSPS) is 10.3. The predicted molar refractivity (Wildman–Crippen MR) is 85.1 cm³/mol. The van der Waals surface area contributed by atoms with Gasteiger partial charge in [-0.1, -0.05) is 11.8 Å². The molecule has 1 aromatic heterocycles. The Morgan fingerprint density at radius 3 is 2.82 bits per heavy atom. The third kappa shape index (κ3) is 3.59. The molecule has 0 fully saturated rings. The molecule has 0 radical (unpaired) electrons. The number of aryl methyl sites for hydroxylation is 1. The van der Waals surface area contributed by atoms with Gasteiger partial charge in [0.2, 0.25) is 11.1 Å². The number of hydrogen-bond donors (Lipinski definition) is 4. The first-order valence-corrected chi connectivity index (χ1v) is 7.28. The van der Waals surface area contributed by atoms with Gasteiger partial charge in [0.15, 0.2) is 0 Å². The van der Waals surface area contributed by atoms with Gasteiger partial charge in [-0.05, 0) is 30.7 Å². The third-order valence-corrected chi connectivity index (χ3v) is 3.78. The van der Waals surface area contributed by atoms with Crippen molar-refractivity contribution in [2.24, 2.45) is 5.84 Å². The zero-order valence-corrected chi connectivity index (χ0v) is 13.0.